The van der Waals surface area contributed by atoms with Crippen LogP contribution in [0.4, 0.5) is 4.39 Å². The molecule has 1 aromatic rings. The first kappa shape index (κ1) is 17.2. The maximum absolute atomic E-state index is 13.8. The van der Waals surface area contributed by atoms with Crippen LogP contribution < -0.4 is 4.74 Å². The molecule has 1 aromatic carbocycles. The Morgan fingerprint density at radius 3 is 2.60 bits per heavy atom. The van der Waals surface area contributed by atoms with Crippen LogP contribution in [0.3, 0.4) is 0 Å². The number of halogens is 2. The highest BCUT2D eigenvalue weighted by Crippen LogP contribution is 2.25. The molecule has 0 heterocycles. The van der Waals surface area contributed by atoms with Gasteiger partial charge in [-0.3, -0.25) is 0 Å². The van der Waals surface area contributed by atoms with Crippen LogP contribution in [0.2, 0.25) is 0 Å². The molecule has 20 heavy (non-hydrogen) atoms. The molecule has 0 aliphatic rings. The third kappa shape index (κ3) is 6.04. The third-order valence-electron chi connectivity index (χ3n) is 3.15. The van der Waals surface area contributed by atoms with Crippen LogP contribution in [0, 0.1) is 5.82 Å². The van der Waals surface area contributed by atoms with Gasteiger partial charge in [0.1, 0.15) is 6.29 Å². The molecule has 0 fully saturated rings. The molecule has 0 radical (unpaired) electrons. The number of carbonyl (C=O) groups is 1. The van der Waals surface area contributed by atoms with Crippen molar-refractivity contribution in [1.29, 1.82) is 0 Å². The molecular formula is C16H22BrFO2. The van der Waals surface area contributed by atoms with Crippen molar-refractivity contribution in [2.45, 2.75) is 50.3 Å². The molecule has 0 aliphatic carbocycles. The summed E-state index contributed by atoms with van der Waals surface area (Å²) >= 11 is 3.16. The molecule has 0 aromatic heterocycles. The van der Waals surface area contributed by atoms with Gasteiger partial charge in [-0.1, -0.05) is 61.0 Å². The van der Waals surface area contributed by atoms with Gasteiger partial charge in [-0.25, -0.2) is 4.39 Å². The molecule has 1 atom stereocenters. The average molecular weight is 345 g/mol. The van der Waals surface area contributed by atoms with Crippen LogP contribution in [0.25, 0.3) is 0 Å². The molecule has 1 unspecified atom stereocenters. The fraction of sp³-hybridized carbons (Fsp3) is 0.562. The van der Waals surface area contributed by atoms with Gasteiger partial charge >= 0.3 is 0 Å². The summed E-state index contributed by atoms with van der Waals surface area (Å²) in [6.45, 7) is 2.73. The quantitative estimate of drug-likeness (QED) is 0.331. The van der Waals surface area contributed by atoms with E-state index in [2.05, 4.69) is 22.9 Å². The van der Waals surface area contributed by atoms with Gasteiger partial charge in [0.05, 0.1) is 11.4 Å². The van der Waals surface area contributed by atoms with Crippen molar-refractivity contribution >= 4 is 22.2 Å². The zero-order valence-corrected chi connectivity index (χ0v) is 13.5. The summed E-state index contributed by atoms with van der Waals surface area (Å²) in [5.74, 6) is -0.160. The zero-order valence-electron chi connectivity index (χ0n) is 11.9. The molecule has 0 N–H and O–H groups in total. The lowest BCUT2D eigenvalue weighted by atomic mass is 10.1. The van der Waals surface area contributed by atoms with Gasteiger partial charge in [0.25, 0.3) is 0 Å². The number of benzene rings is 1. The Labute approximate surface area is 128 Å². The Balaban J connectivity index is 2.32. The third-order valence-corrected chi connectivity index (χ3v) is 3.89. The van der Waals surface area contributed by atoms with Crippen LogP contribution >= 0.6 is 15.9 Å². The molecule has 0 bridgehead atoms. The first-order chi connectivity index (χ1) is 9.69. The lowest BCUT2D eigenvalue weighted by molar-refractivity contribution is -0.107. The summed E-state index contributed by atoms with van der Waals surface area (Å²) in [6, 6.07) is 4.62. The van der Waals surface area contributed by atoms with Gasteiger partial charge in [-0.05, 0) is 24.1 Å². The molecule has 0 saturated heterocycles. The predicted molar refractivity (Wildman–Crippen MR) is 83.0 cm³/mol. The van der Waals surface area contributed by atoms with Crippen molar-refractivity contribution in [3.8, 4) is 5.75 Å². The van der Waals surface area contributed by atoms with Crippen molar-refractivity contribution in [3.63, 3.8) is 0 Å². The van der Waals surface area contributed by atoms with Gasteiger partial charge < -0.3 is 9.53 Å². The van der Waals surface area contributed by atoms with Crippen molar-refractivity contribution < 1.29 is 13.9 Å². The van der Waals surface area contributed by atoms with E-state index in [-0.39, 0.29) is 5.75 Å². The number of rotatable bonds is 10. The van der Waals surface area contributed by atoms with E-state index in [9.17, 15) is 9.18 Å². The fourth-order valence-corrected chi connectivity index (χ4v) is 2.23. The molecule has 2 nitrogen and oxygen atoms in total. The smallest absolute Gasteiger partial charge is 0.165 e. The Kier molecular flexibility index (Phi) is 8.51. The lowest BCUT2D eigenvalue weighted by Crippen LogP contribution is -2.00. The van der Waals surface area contributed by atoms with Gasteiger partial charge in [-0.2, -0.15) is 0 Å². The van der Waals surface area contributed by atoms with E-state index in [1.165, 1.54) is 31.7 Å². The second-order valence-electron chi connectivity index (χ2n) is 4.84. The van der Waals surface area contributed by atoms with E-state index in [4.69, 9.17) is 4.74 Å². The largest absolute Gasteiger partial charge is 0.491 e. The number of hydrogen-bond acceptors (Lipinski definition) is 2. The highest BCUT2D eigenvalue weighted by molar-refractivity contribution is 9.09. The van der Waals surface area contributed by atoms with Gasteiger partial charge in [0.2, 0.25) is 0 Å². The SMILES string of the molecule is CCCCCCCCOc1ccc(C(Br)C=O)cc1F. The van der Waals surface area contributed by atoms with Crippen LogP contribution in [0.15, 0.2) is 18.2 Å². The van der Waals surface area contributed by atoms with Crippen LogP contribution in [0.1, 0.15) is 55.8 Å². The van der Waals surface area contributed by atoms with Crippen molar-refractivity contribution in [1.82, 2.24) is 0 Å². The zero-order chi connectivity index (χ0) is 14.8. The molecule has 0 saturated carbocycles. The van der Waals surface area contributed by atoms with E-state index in [0.29, 0.717) is 12.2 Å². The number of aldehydes is 1. The summed E-state index contributed by atoms with van der Waals surface area (Å²) in [4.78, 5) is 10.2. The Morgan fingerprint density at radius 1 is 1.25 bits per heavy atom. The summed E-state index contributed by atoms with van der Waals surface area (Å²) < 4.78 is 19.2. The Bertz CT molecular complexity index is 409. The molecular weight excluding hydrogens is 323 g/mol. The number of alkyl halides is 1. The summed E-state index contributed by atoms with van der Waals surface area (Å²) in [7, 11) is 0. The number of ether oxygens (including phenoxy) is 1. The fourth-order valence-electron chi connectivity index (χ4n) is 1.95. The molecule has 4 heteroatoms. The summed E-state index contributed by atoms with van der Waals surface area (Å²) in [5.41, 5.74) is 0.601. The molecule has 112 valence electrons. The van der Waals surface area contributed by atoms with E-state index < -0.39 is 10.6 Å². The van der Waals surface area contributed by atoms with Crippen molar-refractivity contribution in [2.75, 3.05) is 6.61 Å². The van der Waals surface area contributed by atoms with E-state index in [0.717, 1.165) is 19.1 Å². The highest BCUT2D eigenvalue weighted by atomic mass is 79.9. The minimum Gasteiger partial charge on any atom is -0.491 e. The standard InChI is InChI=1S/C16H22BrFO2/c1-2-3-4-5-6-7-10-20-16-9-8-13(11-15(16)18)14(17)12-19/h8-9,11-12,14H,2-7,10H2,1H3. The van der Waals surface area contributed by atoms with E-state index >= 15 is 0 Å². The highest BCUT2D eigenvalue weighted by Gasteiger charge is 2.10. The van der Waals surface area contributed by atoms with Crippen LogP contribution in [0.5, 0.6) is 5.75 Å². The van der Waals surface area contributed by atoms with Gasteiger partial charge in [0, 0.05) is 0 Å². The first-order valence-electron chi connectivity index (χ1n) is 7.20. The van der Waals surface area contributed by atoms with Gasteiger partial charge in [0.15, 0.2) is 11.6 Å². The number of unbranched alkanes of at least 4 members (excludes halogenated alkanes) is 5. The Hall–Kier alpha value is -0.900. The molecule has 0 spiro atoms. The predicted octanol–water partition coefficient (Wildman–Crippen LogP) is 5.20. The average Bonchev–Trinajstić information content (AvgIpc) is 2.46. The maximum atomic E-state index is 13.8. The molecule has 0 aliphatic heterocycles. The topological polar surface area (TPSA) is 26.3 Å². The van der Waals surface area contributed by atoms with E-state index in [1.807, 2.05) is 0 Å². The number of hydrogen-bond donors (Lipinski definition) is 0. The summed E-state index contributed by atoms with van der Waals surface area (Å²) in [5, 5.41) is 0. The number of carbonyl (C=O) groups excluding carboxylic acids is 1. The first-order valence-corrected chi connectivity index (χ1v) is 8.12. The minimum absolute atomic E-state index is 0.257. The summed E-state index contributed by atoms with van der Waals surface area (Å²) in [6.07, 6.45) is 7.78. The monoisotopic (exact) mass is 344 g/mol. The maximum Gasteiger partial charge on any atom is 0.165 e. The van der Waals surface area contributed by atoms with Gasteiger partial charge in [-0.15, -0.1) is 0 Å². The van der Waals surface area contributed by atoms with Crippen LogP contribution in [-0.4, -0.2) is 12.9 Å². The second kappa shape index (κ2) is 9.92. The molecule has 1 rings (SSSR count). The minimum atomic E-state index is -0.468. The van der Waals surface area contributed by atoms with E-state index in [1.54, 1.807) is 12.1 Å². The lowest BCUT2D eigenvalue weighted by Gasteiger charge is -2.09. The second-order valence-corrected chi connectivity index (χ2v) is 5.83. The van der Waals surface area contributed by atoms with Crippen molar-refractivity contribution in [3.05, 3.63) is 29.6 Å². The Morgan fingerprint density at radius 2 is 1.95 bits per heavy atom. The molecule has 0 amide bonds. The van der Waals surface area contributed by atoms with Crippen molar-refractivity contribution in [2.24, 2.45) is 0 Å². The normalized spacial score (nSPS) is 12.2. The van der Waals surface area contributed by atoms with Crippen LogP contribution in [-0.2, 0) is 4.79 Å².